The van der Waals surface area contributed by atoms with Crippen LogP contribution >= 0.6 is 35.6 Å². The van der Waals surface area contributed by atoms with E-state index in [-0.39, 0.29) is 0 Å². The van der Waals surface area contributed by atoms with Gasteiger partial charge < -0.3 is 4.90 Å². The fourth-order valence-corrected chi connectivity index (χ4v) is 3.40. The number of thioether (sulfide) groups is 1. The zero-order valence-corrected chi connectivity index (χ0v) is 10.1. The Kier molecular flexibility index (Phi) is 2.23. The predicted molar refractivity (Wildman–Crippen MR) is 68.0 cm³/mol. The van der Waals surface area contributed by atoms with Gasteiger partial charge in [-0.1, -0.05) is 47.7 Å². The average Bonchev–Trinajstić information content (AvgIpc) is 2.69. The van der Waals surface area contributed by atoms with Gasteiger partial charge in [0.2, 0.25) is 0 Å². The number of aliphatic imine (C=N–C) groups is 1. The van der Waals surface area contributed by atoms with Crippen LogP contribution in [0.3, 0.4) is 0 Å². The molecule has 5 heteroatoms. The Morgan fingerprint density at radius 2 is 2.33 bits per heavy atom. The van der Waals surface area contributed by atoms with E-state index in [0.29, 0.717) is 0 Å². The molecule has 0 saturated heterocycles. The van der Waals surface area contributed by atoms with E-state index in [4.69, 9.17) is 23.8 Å². The topological polar surface area (TPSA) is 15.6 Å². The fourth-order valence-electron chi connectivity index (χ4n) is 1.79. The molecule has 0 N–H and O–H groups in total. The van der Waals surface area contributed by atoms with E-state index in [9.17, 15) is 0 Å². The molecule has 2 heterocycles. The highest BCUT2D eigenvalue weighted by Gasteiger charge is 2.30. The number of hydrogen-bond acceptors (Lipinski definition) is 3. The molecule has 0 unspecified atom stereocenters. The van der Waals surface area contributed by atoms with Gasteiger partial charge in [-0.25, -0.2) is 0 Å². The first-order chi connectivity index (χ1) is 7.27. The van der Waals surface area contributed by atoms with E-state index in [2.05, 4.69) is 9.89 Å². The summed E-state index contributed by atoms with van der Waals surface area (Å²) in [4.78, 5) is 7.60. The van der Waals surface area contributed by atoms with E-state index in [1.54, 1.807) is 11.8 Å². The first-order valence-electron chi connectivity index (χ1n) is 4.60. The van der Waals surface area contributed by atoms with Crippen molar-refractivity contribution in [2.45, 2.75) is 4.90 Å². The monoisotopic (exact) mass is 254 g/mol. The van der Waals surface area contributed by atoms with Gasteiger partial charge in [0.1, 0.15) is 10.2 Å². The van der Waals surface area contributed by atoms with Gasteiger partial charge in [0, 0.05) is 17.0 Å². The molecular formula is C10H7ClN2S2. The summed E-state index contributed by atoms with van der Waals surface area (Å²) >= 11 is 13.0. The van der Waals surface area contributed by atoms with Gasteiger partial charge in [0.25, 0.3) is 0 Å². The number of nitrogens with zero attached hydrogens (tertiary/aromatic N) is 2. The number of rotatable bonds is 0. The molecule has 15 heavy (non-hydrogen) atoms. The average molecular weight is 255 g/mol. The minimum atomic E-state index is 0.758. The maximum absolute atomic E-state index is 6.14. The van der Waals surface area contributed by atoms with Crippen LogP contribution < -0.4 is 0 Å². The van der Waals surface area contributed by atoms with Crippen molar-refractivity contribution < 1.29 is 0 Å². The molecule has 2 aliphatic heterocycles. The van der Waals surface area contributed by atoms with Gasteiger partial charge in [-0.05, 0) is 6.07 Å². The molecule has 3 rings (SSSR count). The lowest BCUT2D eigenvalue weighted by molar-refractivity contribution is 0.685. The third-order valence-electron chi connectivity index (χ3n) is 2.46. The Labute approximate surface area is 102 Å². The Balaban J connectivity index is 2.23. The van der Waals surface area contributed by atoms with Crippen LogP contribution in [0.5, 0.6) is 0 Å². The summed E-state index contributed by atoms with van der Waals surface area (Å²) in [6.45, 7) is 1.72. The predicted octanol–water partition coefficient (Wildman–Crippen LogP) is 2.79. The van der Waals surface area contributed by atoms with E-state index in [0.717, 1.165) is 38.7 Å². The van der Waals surface area contributed by atoms with Gasteiger partial charge >= 0.3 is 0 Å². The minimum absolute atomic E-state index is 0.758. The summed E-state index contributed by atoms with van der Waals surface area (Å²) in [6, 6.07) is 5.89. The Bertz CT molecular complexity index is 484. The highest BCUT2D eigenvalue weighted by atomic mass is 35.5. The van der Waals surface area contributed by atoms with Crippen LogP contribution in [-0.2, 0) is 0 Å². The molecule has 0 aromatic heterocycles. The number of hydrogen-bond donors (Lipinski definition) is 0. The van der Waals surface area contributed by atoms with E-state index < -0.39 is 0 Å². The molecular weight excluding hydrogens is 248 g/mol. The summed E-state index contributed by atoms with van der Waals surface area (Å²) in [7, 11) is 0. The summed E-state index contributed by atoms with van der Waals surface area (Å²) in [5.41, 5.74) is 1.11. The Morgan fingerprint density at radius 1 is 1.47 bits per heavy atom. The zero-order chi connectivity index (χ0) is 10.4. The maximum atomic E-state index is 6.14. The van der Waals surface area contributed by atoms with Gasteiger partial charge in [-0.2, -0.15) is 0 Å². The number of benzene rings is 1. The number of amidine groups is 1. The lowest BCUT2D eigenvalue weighted by Gasteiger charge is -2.27. The second kappa shape index (κ2) is 3.47. The summed E-state index contributed by atoms with van der Waals surface area (Å²) in [5, 5.41) is 0.758. The third-order valence-corrected chi connectivity index (χ3v) is 4.39. The van der Waals surface area contributed by atoms with Crippen LogP contribution in [0.2, 0.25) is 5.02 Å². The highest BCUT2D eigenvalue weighted by molar-refractivity contribution is 8.23. The molecule has 0 atom stereocenters. The zero-order valence-electron chi connectivity index (χ0n) is 7.74. The standard InChI is InChI=1S/C10H7ClN2S2/c11-7-3-1-2-6-8(7)15-10(14)13-5-4-12-9(6)13/h1-3H,4-5H2. The fraction of sp³-hybridized carbons (Fsp3) is 0.200. The van der Waals surface area contributed by atoms with Crippen LogP contribution in [0, 0.1) is 0 Å². The molecule has 76 valence electrons. The van der Waals surface area contributed by atoms with Crippen molar-refractivity contribution in [2.75, 3.05) is 13.1 Å². The van der Waals surface area contributed by atoms with Crippen molar-refractivity contribution in [3.05, 3.63) is 28.8 Å². The van der Waals surface area contributed by atoms with Gasteiger partial charge in [0.15, 0.2) is 0 Å². The van der Waals surface area contributed by atoms with Crippen molar-refractivity contribution in [1.82, 2.24) is 4.90 Å². The van der Waals surface area contributed by atoms with Crippen LogP contribution in [-0.4, -0.2) is 28.1 Å². The molecule has 0 aliphatic carbocycles. The van der Waals surface area contributed by atoms with Crippen molar-refractivity contribution in [3.8, 4) is 0 Å². The molecule has 2 aliphatic rings. The van der Waals surface area contributed by atoms with Crippen molar-refractivity contribution in [2.24, 2.45) is 4.99 Å². The minimum Gasteiger partial charge on any atom is -0.310 e. The van der Waals surface area contributed by atoms with E-state index in [1.807, 2.05) is 18.2 Å². The molecule has 0 spiro atoms. The number of fused-ring (bicyclic) bond motifs is 3. The number of halogens is 1. The normalized spacial score (nSPS) is 18.6. The maximum Gasteiger partial charge on any atom is 0.146 e. The lowest BCUT2D eigenvalue weighted by Crippen LogP contribution is -2.35. The molecule has 0 radical (unpaired) electrons. The van der Waals surface area contributed by atoms with Crippen molar-refractivity contribution in [1.29, 1.82) is 0 Å². The van der Waals surface area contributed by atoms with E-state index in [1.165, 1.54) is 0 Å². The molecule has 1 aromatic carbocycles. The lowest BCUT2D eigenvalue weighted by atomic mass is 10.2. The SMILES string of the molecule is S=C1Sc2c(Cl)cccc2C2=NCCN12. The van der Waals surface area contributed by atoms with Crippen LogP contribution in [0.15, 0.2) is 28.1 Å². The molecule has 1 aromatic rings. The molecule has 0 bridgehead atoms. The first-order valence-corrected chi connectivity index (χ1v) is 6.20. The Hall–Kier alpha value is -0.580. The van der Waals surface area contributed by atoms with Gasteiger partial charge in [-0.15, -0.1) is 0 Å². The highest BCUT2D eigenvalue weighted by Crippen LogP contribution is 2.38. The first kappa shape index (κ1) is 9.63. The molecule has 0 fully saturated rings. The third kappa shape index (κ3) is 1.40. The Morgan fingerprint density at radius 3 is 3.20 bits per heavy atom. The molecule has 0 saturated carbocycles. The quantitative estimate of drug-likeness (QED) is 0.662. The van der Waals surface area contributed by atoms with Crippen molar-refractivity contribution >= 4 is 45.7 Å². The van der Waals surface area contributed by atoms with Gasteiger partial charge in [0.05, 0.1) is 11.6 Å². The van der Waals surface area contributed by atoms with Crippen LogP contribution in [0.25, 0.3) is 0 Å². The van der Waals surface area contributed by atoms with E-state index >= 15 is 0 Å². The molecule has 0 amide bonds. The second-order valence-electron chi connectivity index (χ2n) is 3.34. The largest absolute Gasteiger partial charge is 0.310 e. The summed E-state index contributed by atoms with van der Waals surface area (Å²) in [6.07, 6.45) is 0. The summed E-state index contributed by atoms with van der Waals surface area (Å²) < 4.78 is 0.854. The van der Waals surface area contributed by atoms with Crippen LogP contribution in [0.4, 0.5) is 0 Å². The van der Waals surface area contributed by atoms with Crippen molar-refractivity contribution in [3.63, 3.8) is 0 Å². The second-order valence-corrected chi connectivity index (χ2v) is 5.39. The number of thiocarbonyl (C=S) groups is 1. The summed E-state index contributed by atoms with van der Waals surface area (Å²) in [5.74, 6) is 0.983. The van der Waals surface area contributed by atoms with Crippen LogP contribution in [0.1, 0.15) is 5.56 Å². The smallest absolute Gasteiger partial charge is 0.146 e. The molecule has 2 nitrogen and oxygen atoms in total. The van der Waals surface area contributed by atoms with Gasteiger partial charge in [-0.3, -0.25) is 4.99 Å².